The Morgan fingerprint density at radius 3 is 2.35 bits per heavy atom. The van der Waals surface area contributed by atoms with E-state index in [1.54, 1.807) is 0 Å². The van der Waals surface area contributed by atoms with Gasteiger partial charge in [-0.05, 0) is 30.7 Å². The molecule has 1 heterocycles. The molecule has 1 fully saturated rings. The monoisotopic (exact) mass is 252 g/mol. The lowest BCUT2D eigenvalue weighted by molar-refractivity contribution is 0.132. The third-order valence-corrected chi connectivity index (χ3v) is 3.87. The van der Waals surface area contributed by atoms with Crippen molar-refractivity contribution >= 4 is 11.6 Å². The highest BCUT2D eigenvalue weighted by Crippen LogP contribution is 2.19. The zero-order chi connectivity index (χ0) is 12.3. The van der Waals surface area contributed by atoms with Gasteiger partial charge in [0.25, 0.3) is 0 Å². The van der Waals surface area contributed by atoms with Gasteiger partial charge in [0.2, 0.25) is 0 Å². The Kier molecular flexibility index (Phi) is 4.43. The van der Waals surface area contributed by atoms with E-state index >= 15 is 0 Å². The highest BCUT2D eigenvalue weighted by atomic mass is 35.5. The van der Waals surface area contributed by atoms with Crippen LogP contribution >= 0.6 is 11.6 Å². The fourth-order valence-electron chi connectivity index (χ4n) is 2.29. The van der Waals surface area contributed by atoms with Gasteiger partial charge in [0.1, 0.15) is 0 Å². The molecule has 1 aliphatic rings. The first-order chi connectivity index (χ1) is 8.19. The van der Waals surface area contributed by atoms with E-state index in [2.05, 4.69) is 41.8 Å². The number of hydrogen-bond donors (Lipinski definition) is 0. The van der Waals surface area contributed by atoms with Crippen LogP contribution in [0.25, 0.3) is 0 Å². The summed E-state index contributed by atoms with van der Waals surface area (Å²) < 4.78 is 0. The lowest BCUT2D eigenvalue weighted by Crippen LogP contribution is -2.45. The maximum atomic E-state index is 6.27. The summed E-state index contributed by atoms with van der Waals surface area (Å²) >= 11 is 6.27. The molecule has 1 aromatic carbocycles. The molecule has 1 saturated heterocycles. The van der Waals surface area contributed by atoms with Crippen LogP contribution < -0.4 is 0 Å². The van der Waals surface area contributed by atoms with Gasteiger partial charge in [-0.15, -0.1) is 0 Å². The van der Waals surface area contributed by atoms with Crippen molar-refractivity contribution in [2.75, 3.05) is 32.7 Å². The Morgan fingerprint density at radius 2 is 1.76 bits per heavy atom. The van der Waals surface area contributed by atoms with Crippen molar-refractivity contribution in [3.8, 4) is 0 Å². The van der Waals surface area contributed by atoms with E-state index in [4.69, 9.17) is 11.6 Å². The van der Waals surface area contributed by atoms with Crippen LogP contribution in [0.3, 0.4) is 0 Å². The van der Waals surface area contributed by atoms with E-state index in [1.165, 1.54) is 30.8 Å². The second kappa shape index (κ2) is 5.85. The molecule has 2 nitrogen and oxygen atoms in total. The molecule has 1 aromatic rings. The van der Waals surface area contributed by atoms with E-state index in [1.807, 2.05) is 0 Å². The maximum absolute atomic E-state index is 6.27. The minimum Gasteiger partial charge on any atom is -0.301 e. The van der Waals surface area contributed by atoms with Gasteiger partial charge in [0.15, 0.2) is 0 Å². The third kappa shape index (κ3) is 3.44. The molecule has 0 amide bonds. The second-order valence-electron chi connectivity index (χ2n) is 4.81. The standard InChI is InChI=1S/C14H21ClN2/c1-3-16-6-8-17(9-7-16)11-13-5-4-12(2)10-14(13)15/h4-5,10H,3,6-9,11H2,1-2H3. The summed E-state index contributed by atoms with van der Waals surface area (Å²) in [4.78, 5) is 4.98. The SMILES string of the molecule is CCN1CCN(Cc2ccc(C)cc2Cl)CC1. The lowest BCUT2D eigenvalue weighted by Gasteiger charge is -2.34. The van der Waals surface area contributed by atoms with Gasteiger partial charge in [-0.1, -0.05) is 30.7 Å². The largest absolute Gasteiger partial charge is 0.301 e. The van der Waals surface area contributed by atoms with Crippen molar-refractivity contribution in [1.82, 2.24) is 9.80 Å². The van der Waals surface area contributed by atoms with Crippen molar-refractivity contribution in [2.45, 2.75) is 20.4 Å². The summed E-state index contributed by atoms with van der Waals surface area (Å²) in [6, 6.07) is 6.35. The molecule has 0 N–H and O–H groups in total. The number of nitrogens with zero attached hydrogens (tertiary/aromatic N) is 2. The minimum atomic E-state index is 0.905. The zero-order valence-electron chi connectivity index (χ0n) is 10.7. The van der Waals surface area contributed by atoms with Crippen LogP contribution in [0.15, 0.2) is 18.2 Å². The summed E-state index contributed by atoms with van der Waals surface area (Å²) in [6.07, 6.45) is 0. The van der Waals surface area contributed by atoms with Crippen LogP contribution in [-0.2, 0) is 6.54 Å². The van der Waals surface area contributed by atoms with Gasteiger partial charge in [0, 0.05) is 37.7 Å². The second-order valence-corrected chi connectivity index (χ2v) is 5.21. The average molecular weight is 253 g/mol. The number of halogens is 1. The van der Waals surface area contributed by atoms with Crippen LogP contribution in [0, 0.1) is 6.92 Å². The van der Waals surface area contributed by atoms with Gasteiger partial charge in [-0.3, -0.25) is 4.90 Å². The predicted octanol–water partition coefficient (Wildman–Crippen LogP) is 2.79. The number of likely N-dealkylation sites (N-methyl/N-ethyl adjacent to an activating group) is 1. The molecule has 0 aliphatic carbocycles. The van der Waals surface area contributed by atoms with Crippen LogP contribution in [0.4, 0.5) is 0 Å². The van der Waals surface area contributed by atoms with Crippen LogP contribution in [0.5, 0.6) is 0 Å². The number of hydrogen-bond acceptors (Lipinski definition) is 2. The first-order valence-electron chi connectivity index (χ1n) is 6.39. The Balaban J connectivity index is 1.93. The molecule has 0 atom stereocenters. The zero-order valence-corrected chi connectivity index (χ0v) is 11.5. The minimum absolute atomic E-state index is 0.905. The molecular formula is C14H21ClN2. The molecule has 0 spiro atoms. The van der Waals surface area contributed by atoms with Crippen molar-refractivity contribution < 1.29 is 0 Å². The average Bonchev–Trinajstić information content (AvgIpc) is 2.34. The van der Waals surface area contributed by atoms with Gasteiger partial charge in [0.05, 0.1) is 0 Å². The summed E-state index contributed by atoms with van der Waals surface area (Å²) in [5.74, 6) is 0. The van der Waals surface area contributed by atoms with E-state index < -0.39 is 0 Å². The topological polar surface area (TPSA) is 6.48 Å². The van der Waals surface area contributed by atoms with E-state index in [-0.39, 0.29) is 0 Å². The number of piperazine rings is 1. The van der Waals surface area contributed by atoms with Gasteiger partial charge in [-0.25, -0.2) is 0 Å². The van der Waals surface area contributed by atoms with Crippen LogP contribution in [-0.4, -0.2) is 42.5 Å². The Morgan fingerprint density at radius 1 is 1.12 bits per heavy atom. The third-order valence-electron chi connectivity index (χ3n) is 3.51. The highest BCUT2D eigenvalue weighted by molar-refractivity contribution is 6.31. The molecule has 0 bridgehead atoms. The quantitative estimate of drug-likeness (QED) is 0.816. The Labute approximate surface area is 109 Å². The highest BCUT2D eigenvalue weighted by Gasteiger charge is 2.16. The molecule has 2 rings (SSSR count). The fraction of sp³-hybridized carbons (Fsp3) is 0.571. The molecule has 1 aliphatic heterocycles. The van der Waals surface area contributed by atoms with E-state index in [0.717, 1.165) is 24.7 Å². The first-order valence-corrected chi connectivity index (χ1v) is 6.76. The number of rotatable bonds is 3. The summed E-state index contributed by atoms with van der Waals surface area (Å²) in [6.45, 7) is 11.1. The van der Waals surface area contributed by atoms with E-state index in [0.29, 0.717) is 0 Å². The number of aryl methyl sites for hydroxylation is 1. The predicted molar refractivity (Wildman–Crippen MR) is 73.6 cm³/mol. The first kappa shape index (κ1) is 12.9. The smallest absolute Gasteiger partial charge is 0.0453 e. The lowest BCUT2D eigenvalue weighted by atomic mass is 10.1. The van der Waals surface area contributed by atoms with Crippen molar-refractivity contribution in [2.24, 2.45) is 0 Å². The molecule has 3 heteroatoms. The Hall–Kier alpha value is -0.570. The molecule has 17 heavy (non-hydrogen) atoms. The van der Waals surface area contributed by atoms with Crippen molar-refractivity contribution in [1.29, 1.82) is 0 Å². The molecule has 0 unspecified atom stereocenters. The fourth-order valence-corrected chi connectivity index (χ4v) is 2.58. The van der Waals surface area contributed by atoms with Crippen LogP contribution in [0.1, 0.15) is 18.1 Å². The molecule has 0 saturated carbocycles. The molecule has 0 radical (unpaired) electrons. The Bertz CT molecular complexity index is 370. The van der Waals surface area contributed by atoms with Crippen molar-refractivity contribution in [3.05, 3.63) is 34.3 Å². The van der Waals surface area contributed by atoms with Crippen molar-refractivity contribution in [3.63, 3.8) is 0 Å². The van der Waals surface area contributed by atoms with Gasteiger partial charge >= 0.3 is 0 Å². The normalized spacial score (nSPS) is 18.5. The summed E-state index contributed by atoms with van der Waals surface area (Å²) in [5, 5.41) is 0.905. The van der Waals surface area contributed by atoms with Gasteiger partial charge < -0.3 is 4.90 Å². The number of benzene rings is 1. The molecule has 94 valence electrons. The molecular weight excluding hydrogens is 232 g/mol. The van der Waals surface area contributed by atoms with Gasteiger partial charge in [-0.2, -0.15) is 0 Å². The molecule has 0 aromatic heterocycles. The summed E-state index contributed by atoms with van der Waals surface area (Å²) in [7, 11) is 0. The van der Waals surface area contributed by atoms with E-state index in [9.17, 15) is 0 Å². The van der Waals surface area contributed by atoms with Crippen LogP contribution in [0.2, 0.25) is 5.02 Å². The summed E-state index contributed by atoms with van der Waals surface area (Å²) in [5.41, 5.74) is 2.48. The maximum Gasteiger partial charge on any atom is 0.0453 e.